The van der Waals surface area contributed by atoms with E-state index in [4.69, 9.17) is 4.74 Å². The third-order valence-electron chi connectivity index (χ3n) is 3.74. The van der Waals surface area contributed by atoms with E-state index in [1.165, 1.54) is 12.1 Å². The second kappa shape index (κ2) is 6.12. The standard InChI is InChI=1S/C17H13BrFNO3/c1-9-12-6-10(2-4-14(12)20-17(9)22)15(21)8-23-16-5-3-11(18)7-13(16)19/h2-7,9H,8H2,1H3,(H,20,22)/t9-/m0/s1. The van der Waals surface area contributed by atoms with Crippen LogP contribution in [-0.2, 0) is 4.79 Å². The number of hydrogen-bond acceptors (Lipinski definition) is 3. The van der Waals surface area contributed by atoms with Gasteiger partial charge in [-0.2, -0.15) is 0 Å². The minimum Gasteiger partial charge on any atom is -0.482 e. The monoisotopic (exact) mass is 377 g/mol. The summed E-state index contributed by atoms with van der Waals surface area (Å²) in [6.45, 7) is 1.51. The maximum Gasteiger partial charge on any atom is 0.231 e. The molecular weight excluding hydrogens is 365 g/mol. The molecule has 0 fully saturated rings. The van der Waals surface area contributed by atoms with Crippen molar-refractivity contribution in [1.29, 1.82) is 0 Å². The molecule has 0 spiro atoms. The maximum atomic E-state index is 13.7. The molecular formula is C17H13BrFNO3. The third kappa shape index (κ3) is 3.12. The van der Waals surface area contributed by atoms with E-state index in [-0.39, 0.29) is 30.0 Å². The predicted octanol–water partition coefficient (Wildman–Crippen LogP) is 3.91. The number of hydrogen-bond donors (Lipinski definition) is 1. The summed E-state index contributed by atoms with van der Waals surface area (Å²) in [5.74, 6) is -1.17. The van der Waals surface area contributed by atoms with Gasteiger partial charge in [0.05, 0.1) is 5.92 Å². The number of halogens is 2. The van der Waals surface area contributed by atoms with Crippen molar-refractivity contribution in [3.63, 3.8) is 0 Å². The number of benzene rings is 2. The molecule has 0 saturated carbocycles. The fourth-order valence-corrected chi connectivity index (χ4v) is 2.74. The quantitative estimate of drug-likeness (QED) is 0.821. The predicted molar refractivity (Wildman–Crippen MR) is 87.4 cm³/mol. The molecule has 0 bridgehead atoms. The summed E-state index contributed by atoms with van der Waals surface area (Å²) >= 11 is 3.16. The Bertz CT molecular complexity index is 806. The first-order valence-electron chi connectivity index (χ1n) is 7.01. The van der Waals surface area contributed by atoms with Crippen molar-refractivity contribution in [2.75, 3.05) is 11.9 Å². The summed E-state index contributed by atoms with van der Waals surface area (Å²) in [4.78, 5) is 23.8. The van der Waals surface area contributed by atoms with Crippen LogP contribution in [0.5, 0.6) is 5.75 Å². The van der Waals surface area contributed by atoms with Crippen LogP contribution in [-0.4, -0.2) is 18.3 Å². The largest absolute Gasteiger partial charge is 0.482 e. The summed E-state index contributed by atoms with van der Waals surface area (Å²) in [6, 6.07) is 9.37. The summed E-state index contributed by atoms with van der Waals surface area (Å²) in [5.41, 5.74) is 1.94. The second-order valence-corrected chi connectivity index (χ2v) is 6.22. The molecule has 1 amide bonds. The Morgan fingerprint density at radius 3 is 2.83 bits per heavy atom. The van der Waals surface area contributed by atoms with Gasteiger partial charge < -0.3 is 10.1 Å². The first-order chi connectivity index (χ1) is 11.0. The molecule has 1 heterocycles. The normalized spacial score (nSPS) is 16.0. The molecule has 6 heteroatoms. The van der Waals surface area contributed by atoms with E-state index in [9.17, 15) is 14.0 Å². The van der Waals surface area contributed by atoms with E-state index in [0.717, 1.165) is 11.3 Å². The number of fused-ring (bicyclic) bond motifs is 1. The highest BCUT2D eigenvalue weighted by atomic mass is 79.9. The van der Waals surface area contributed by atoms with Crippen LogP contribution < -0.4 is 10.1 Å². The second-order valence-electron chi connectivity index (χ2n) is 5.30. The fraction of sp³-hybridized carbons (Fsp3) is 0.176. The van der Waals surface area contributed by atoms with Crippen LogP contribution in [0.4, 0.5) is 10.1 Å². The van der Waals surface area contributed by atoms with Gasteiger partial charge in [-0.25, -0.2) is 4.39 Å². The van der Waals surface area contributed by atoms with Crippen LogP contribution in [0, 0.1) is 5.82 Å². The van der Waals surface area contributed by atoms with Crippen molar-refractivity contribution < 1.29 is 18.7 Å². The highest BCUT2D eigenvalue weighted by Gasteiger charge is 2.27. The van der Waals surface area contributed by atoms with Gasteiger partial charge in [0.25, 0.3) is 0 Å². The average molecular weight is 378 g/mol. The topological polar surface area (TPSA) is 55.4 Å². The van der Waals surface area contributed by atoms with Crippen molar-refractivity contribution in [2.24, 2.45) is 0 Å². The zero-order valence-electron chi connectivity index (χ0n) is 12.2. The van der Waals surface area contributed by atoms with Gasteiger partial charge >= 0.3 is 0 Å². The van der Waals surface area contributed by atoms with Crippen molar-refractivity contribution in [1.82, 2.24) is 0 Å². The van der Waals surface area contributed by atoms with Gasteiger partial charge in [0.15, 0.2) is 24.0 Å². The summed E-state index contributed by atoms with van der Waals surface area (Å²) < 4.78 is 19.5. The SMILES string of the molecule is C[C@@H]1C(=O)Nc2ccc(C(=O)COc3ccc(Br)cc3F)cc21. The molecule has 0 aliphatic carbocycles. The van der Waals surface area contributed by atoms with Crippen LogP contribution in [0.1, 0.15) is 28.8 Å². The molecule has 118 valence electrons. The molecule has 0 saturated heterocycles. The smallest absolute Gasteiger partial charge is 0.231 e. The molecule has 1 N–H and O–H groups in total. The van der Waals surface area contributed by atoms with Crippen LogP contribution in [0.3, 0.4) is 0 Å². The molecule has 1 aliphatic heterocycles. The number of nitrogens with one attached hydrogen (secondary N) is 1. The van der Waals surface area contributed by atoms with E-state index in [2.05, 4.69) is 21.2 Å². The summed E-state index contributed by atoms with van der Waals surface area (Å²) in [6.07, 6.45) is 0. The molecule has 23 heavy (non-hydrogen) atoms. The van der Waals surface area contributed by atoms with Gasteiger partial charge in [0.2, 0.25) is 5.91 Å². The Morgan fingerprint density at radius 2 is 2.09 bits per heavy atom. The Hall–Kier alpha value is -2.21. The lowest BCUT2D eigenvalue weighted by molar-refractivity contribution is -0.116. The van der Waals surface area contributed by atoms with Crippen molar-refractivity contribution in [3.8, 4) is 5.75 Å². The molecule has 2 aromatic carbocycles. The average Bonchev–Trinajstić information content (AvgIpc) is 2.80. The Kier molecular flexibility index (Phi) is 4.17. The zero-order valence-corrected chi connectivity index (χ0v) is 13.8. The lowest BCUT2D eigenvalue weighted by Crippen LogP contribution is -2.12. The van der Waals surface area contributed by atoms with Crippen molar-refractivity contribution >= 4 is 33.3 Å². The van der Waals surface area contributed by atoms with Crippen molar-refractivity contribution in [2.45, 2.75) is 12.8 Å². The zero-order chi connectivity index (χ0) is 16.6. The van der Waals surface area contributed by atoms with Crippen LogP contribution in [0.2, 0.25) is 0 Å². The van der Waals surface area contributed by atoms with Crippen LogP contribution in [0.25, 0.3) is 0 Å². The highest BCUT2D eigenvalue weighted by Crippen LogP contribution is 2.32. The van der Waals surface area contributed by atoms with Gasteiger partial charge in [-0.1, -0.05) is 15.9 Å². The summed E-state index contributed by atoms with van der Waals surface area (Å²) in [5, 5.41) is 2.75. The molecule has 1 aliphatic rings. The third-order valence-corrected chi connectivity index (χ3v) is 4.24. The molecule has 3 rings (SSSR count). The molecule has 0 radical (unpaired) electrons. The number of ether oxygens (including phenoxy) is 1. The van der Waals surface area contributed by atoms with Gasteiger partial charge in [-0.15, -0.1) is 0 Å². The first kappa shape index (κ1) is 15.7. The van der Waals surface area contributed by atoms with Gasteiger partial charge in [-0.05, 0) is 48.9 Å². The molecule has 1 atom stereocenters. The number of amides is 1. The van der Waals surface area contributed by atoms with Crippen LogP contribution in [0.15, 0.2) is 40.9 Å². The number of anilines is 1. The Morgan fingerprint density at radius 1 is 1.30 bits per heavy atom. The Labute approximate surface area is 140 Å². The summed E-state index contributed by atoms with van der Waals surface area (Å²) in [7, 11) is 0. The number of carbonyl (C=O) groups excluding carboxylic acids is 2. The lowest BCUT2D eigenvalue weighted by Gasteiger charge is -2.08. The minimum absolute atomic E-state index is 0.0212. The van der Waals surface area contributed by atoms with Crippen LogP contribution >= 0.6 is 15.9 Å². The van der Waals surface area contributed by atoms with Gasteiger partial charge in [0, 0.05) is 15.7 Å². The molecule has 0 unspecified atom stereocenters. The molecule has 4 nitrogen and oxygen atoms in total. The number of Topliss-reactive ketones (excluding diaryl/α,β-unsaturated/α-hetero) is 1. The number of carbonyl (C=O) groups is 2. The van der Waals surface area contributed by atoms with E-state index in [1.807, 2.05) is 0 Å². The van der Waals surface area contributed by atoms with E-state index in [0.29, 0.717) is 10.0 Å². The minimum atomic E-state index is -0.537. The fourth-order valence-electron chi connectivity index (χ4n) is 2.41. The highest BCUT2D eigenvalue weighted by molar-refractivity contribution is 9.10. The van der Waals surface area contributed by atoms with E-state index >= 15 is 0 Å². The van der Waals surface area contributed by atoms with E-state index < -0.39 is 5.82 Å². The lowest BCUT2D eigenvalue weighted by atomic mass is 9.99. The Balaban J connectivity index is 1.73. The molecule has 2 aromatic rings. The molecule has 0 aromatic heterocycles. The van der Waals surface area contributed by atoms with Crippen molar-refractivity contribution in [3.05, 3.63) is 57.8 Å². The number of ketones is 1. The number of rotatable bonds is 4. The van der Waals surface area contributed by atoms with E-state index in [1.54, 1.807) is 31.2 Å². The first-order valence-corrected chi connectivity index (χ1v) is 7.81. The van der Waals surface area contributed by atoms with Gasteiger partial charge in [0.1, 0.15) is 0 Å². The maximum absolute atomic E-state index is 13.7. The van der Waals surface area contributed by atoms with Gasteiger partial charge in [-0.3, -0.25) is 9.59 Å².